The van der Waals surface area contributed by atoms with E-state index in [1.165, 1.54) is 37.6 Å². The first-order chi connectivity index (χ1) is 9.15. The Bertz CT molecular complexity index is 443. The molecule has 0 aliphatic carbocycles. The molecule has 0 amide bonds. The maximum Gasteiger partial charge on any atom is 0.130 e. The van der Waals surface area contributed by atoms with Gasteiger partial charge in [-0.05, 0) is 38.4 Å². The molecule has 4 heteroatoms. The number of piperazine rings is 1. The molecule has 2 saturated heterocycles. The summed E-state index contributed by atoms with van der Waals surface area (Å²) in [4.78, 5) is 4.73. The van der Waals surface area contributed by atoms with E-state index in [2.05, 4.69) is 16.7 Å². The zero-order valence-corrected chi connectivity index (χ0v) is 11.3. The van der Waals surface area contributed by atoms with Crippen LogP contribution in [0.2, 0.25) is 0 Å². The van der Waals surface area contributed by atoms with Gasteiger partial charge in [0.05, 0.1) is 0 Å². The minimum absolute atomic E-state index is 0.209. The highest BCUT2D eigenvalue weighted by Gasteiger charge is 2.34. The van der Waals surface area contributed by atoms with Gasteiger partial charge in [0.25, 0.3) is 0 Å². The minimum Gasteiger partial charge on any atom is -0.298 e. The largest absolute Gasteiger partial charge is 0.298 e. The van der Waals surface area contributed by atoms with Crippen LogP contribution in [0.3, 0.4) is 0 Å². The fourth-order valence-electron chi connectivity index (χ4n) is 3.35. The van der Waals surface area contributed by atoms with Gasteiger partial charge in [-0.2, -0.15) is 0 Å². The van der Waals surface area contributed by atoms with Crippen LogP contribution < -0.4 is 0 Å². The van der Waals surface area contributed by atoms with Crippen molar-refractivity contribution in [2.75, 3.05) is 19.6 Å². The van der Waals surface area contributed by atoms with Gasteiger partial charge < -0.3 is 0 Å². The molecule has 0 N–H and O–H groups in total. The van der Waals surface area contributed by atoms with Gasteiger partial charge in [-0.1, -0.05) is 6.07 Å². The van der Waals surface area contributed by atoms with Crippen molar-refractivity contribution in [1.29, 1.82) is 0 Å². The Morgan fingerprint density at radius 1 is 1.21 bits per heavy atom. The summed E-state index contributed by atoms with van der Waals surface area (Å²) < 4.78 is 27.4. The van der Waals surface area contributed by atoms with Crippen LogP contribution in [-0.4, -0.2) is 41.5 Å². The summed E-state index contributed by atoms with van der Waals surface area (Å²) in [7, 11) is 0. The topological polar surface area (TPSA) is 6.48 Å². The third kappa shape index (κ3) is 2.51. The summed E-state index contributed by atoms with van der Waals surface area (Å²) in [5.41, 5.74) is 0.209. The molecule has 104 valence electrons. The van der Waals surface area contributed by atoms with E-state index in [9.17, 15) is 8.78 Å². The normalized spacial score (nSPS) is 28.6. The number of benzene rings is 1. The lowest BCUT2D eigenvalue weighted by atomic mass is 10.1. The Kier molecular flexibility index (Phi) is 3.54. The van der Waals surface area contributed by atoms with Crippen molar-refractivity contribution in [1.82, 2.24) is 9.80 Å². The number of nitrogens with zero attached hydrogens (tertiary/aromatic N) is 2. The number of hydrogen-bond donors (Lipinski definition) is 0. The average Bonchev–Trinajstić information content (AvgIpc) is 2.81. The van der Waals surface area contributed by atoms with Crippen LogP contribution in [0.5, 0.6) is 0 Å². The molecule has 19 heavy (non-hydrogen) atoms. The third-order valence-corrected chi connectivity index (χ3v) is 4.49. The number of rotatable bonds is 2. The van der Waals surface area contributed by atoms with Gasteiger partial charge >= 0.3 is 0 Å². The van der Waals surface area contributed by atoms with Crippen molar-refractivity contribution >= 4 is 0 Å². The lowest BCUT2D eigenvalue weighted by Crippen LogP contribution is -2.54. The highest BCUT2D eigenvalue weighted by atomic mass is 19.1. The molecular formula is C15H20F2N2. The lowest BCUT2D eigenvalue weighted by molar-refractivity contribution is 0.0525. The molecular weight excluding hydrogens is 246 g/mol. The Labute approximate surface area is 113 Å². The number of fused-ring (bicyclic) bond motifs is 1. The van der Waals surface area contributed by atoms with Crippen molar-refractivity contribution < 1.29 is 8.78 Å². The van der Waals surface area contributed by atoms with E-state index in [0.29, 0.717) is 18.6 Å². The van der Waals surface area contributed by atoms with Crippen LogP contribution in [0.25, 0.3) is 0 Å². The Morgan fingerprint density at radius 3 is 2.68 bits per heavy atom. The van der Waals surface area contributed by atoms with E-state index >= 15 is 0 Å². The maximum atomic E-state index is 13.7. The Hall–Kier alpha value is -1.00. The maximum absolute atomic E-state index is 13.7. The van der Waals surface area contributed by atoms with Crippen LogP contribution in [0.1, 0.15) is 25.3 Å². The van der Waals surface area contributed by atoms with Crippen LogP contribution >= 0.6 is 0 Å². The molecule has 2 nitrogen and oxygen atoms in total. The summed E-state index contributed by atoms with van der Waals surface area (Å²) in [6.45, 7) is 5.64. The molecule has 3 rings (SSSR count). The Morgan fingerprint density at radius 2 is 1.95 bits per heavy atom. The molecule has 2 aliphatic heterocycles. The second kappa shape index (κ2) is 5.17. The molecule has 0 bridgehead atoms. The summed E-state index contributed by atoms with van der Waals surface area (Å²) >= 11 is 0. The molecule has 0 aromatic heterocycles. The monoisotopic (exact) mass is 266 g/mol. The smallest absolute Gasteiger partial charge is 0.130 e. The molecule has 1 aromatic rings. The molecule has 0 radical (unpaired) electrons. The fraction of sp³-hybridized carbons (Fsp3) is 0.600. The van der Waals surface area contributed by atoms with Gasteiger partial charge in [0.15, 0.2) is 0 Å². The van der Waals surface area contributed by atoms with E-state index < -0.39 is 11.6 Å². The van der Waals surface area contributed by atoms with E-state index in [0.717, 1.165) is 13.1 Å². The zero-order chi connectivity index (χ0) is 13.4. The van der Waals surface area contributed by atoms with Crippen molar-refractivity contribution in [2.45, 2.75) is 38.4 Å². The SMILES string of the molecule is C[C@@H]1CN2CCC[C@H]2CN1Cc1c(F)cccc1F. The first kappa shape index (κ1) is 13.0. The van der Waals surface area contributed by atoms with Crippen molar-refractivity contribution in [3.8, 4) is 0 Å². The molecule has 2 heterocycles. The lowest BCUT2D eigenvalue weighted by Gasteiger charge is -2.42. The third-order valence-electron chi connectivity index (χ3n) is 4.49. The first-order valence-corrected chi connectivity index (χ1v) is 7.06. The predicted molar refractivity (Wildman–Crippen MR) is 70.8 cm³/mol. The van der Waals surface area contributed by atoms with Crippen molar-refractivity contribution in [2.24, 2.45) is 0 Å². The predicted octanol–water partition coefficient (Wildman–Crippen LogP) is 2.63. The summed E-state index contributed by atoms with van der Waals surface area (Å²) in [6.07, 6.45) is 2.46. The molecule has 1 aromatic carbocycles. The number of hydrogen-bond acceptors (Lipinski definition) is 2. The highest BCUT2D eigenvalue weighted by Crippen LogP contribution is 2.26. The van der Waals surface area contributed by atoms with Crippen LogP contribution in [0.4, 0.5) is 8.78 Å². The van der Waals surface area contributed by atoms with E-state index in [1.807, 2.05) is 0 Å². The minimum atomic E-state index is -0.430. The van der Waals surface area contributed by atoms with Crippen LogP contribution in [-0.2, 0) is 6.54 Å². The fourth-order valence-corrected chi connectivity index (χ4v) is 3.35. The van der Waals surface area contributed by atoms with Crippen molar-refractivity contribution in [3.63, 3.8) is 0 Å². The molecule has 0 saturated carbocycles. The second-order valence-electron chi connectivity index (χ2n) is 5.77. The molecule has 2 fully saturated rings. The second-order valence-corrected chi connectivity index (χ2v) is 5.77. The average molecular weight is 266 g/mol. The molecule has 0 unspecified atom stereocenters. The van der Waals surface area contributed by atoms with E-state index in [4.69, 9.17) is 0 Å². The summed E-state index contributed by atoms with van der Waals surface area (Å²) in [5.74, 6) is -0.859. The molecule has 0 spiro atoms. The van der Waals surface area contributed by atoms with E-state index in [1.54, 1.807) is 0 Å². The van der Waals surface area contributed by atoms with Gasteiger partial charge in [-0.25, -0.2) is 8.78 Å². The van der Waals surface area contributed by atoms with Crippen molar-refractivity contribution in [3.05, 3.63) is 35.4 Å². The van der Waals surface area contributed by atoms with E-state index in [-0.39, 0.29) is 5.56 Å². The summed E-state index contributed by atoms with van der Waals surface area (Å²) in [6, 6.07) is 5.04. The molecule has 2 atom stereocenters. The van der Waals surface area contributed by atoms with Crippen LogP contribution in [0, 0.1) is 11.6 Å². The van der Waals surface area contributed by atoms with Gasteiger partial charge in [0.2, 0.25) is 0 Å². The van der Waals surface area contributed by atoms with Gasteiger partial charge in [0, 0.05) is 37.3 Å². The number of halogens is 2. The van der Waals surface area contributed by atoms with Gasteiger partial charge in [-0.15, -0.1) is 0 Å². The first-order valence-electron chi connectivity index (χ1n) is 7.06. The highest BCUT2D eigenvalue weighted by molar-refractivity contribution is 5.19. The standard InChI is InChI=1S/C15H20F2N2/c1-11-8-18-7-3-4-12(18)9-19(11)10-13-14(16)5-2-6-15(13)17/h2,5-6,11-12H,3-4,7-10H2,1H3/t11-,12+/m1/s1. The molecule has 2 aliphatic rings. The quantitative estimate of drug-likeness (QED) is 0.812. The zero-order valence-electron chi connectivity index (χ0n) is 11.3. The van der Waals surface area contributed by atoms with Gasteiger partial charge in [0.1, 0.15) is 11.6 Å². The van der Waals surface area contributed by atoms with Crippen LogP contribution in [0.15, 0.2) is 18.2 Å². The Balaban J connectivity index is 1.75. The summed E-state index contributed by atoms with van der Waals surface area (Å²) in [5, 5.41) is 0. The van der Waals surface area contributed by atoms with Gasteiger partial charge in [-0.3, -0.25) is 9.80 Å².